The van der Waals surface area contributed by atoms with Crippen molar-refractivity contribution in [2.75, 3.05) is 18.2 Å². The molecule has 0 saturated carbocycles. The summed E-state index contributed by atoms with van der Waals surface area (Å²) < 4.78 is 5.75. The van der Waals surface area contributed by atoms with Gasteiger partial charge in [0.05, 0.1) is 6.61 Å². The Morgan fingerprint density at radius 3 is 2.42 bits per heavy atom. The molecule has 1 N–H and O–H groups in total. The lowest BCUT2D eigenvalue weighted by Gasteiger charge is -2.35. The third-order valence-corrected chi connectivity index (χ3v) is 5.67. The molecule has 2 aliphatic heterocycles. The number of fused-ring (bicyclic) bond motifs is 1. The normalized spacial score (nSPS) is 28.4. The fourth-order valence-corrected chi connectivity index (χ4v) is 3.92. The van der Waals surface area contributed by atoms with Gasteiger partial charge in [-0.3, -0.25) is 14.4 Å². The molecule has 7 heteroatoms. The molecule has 3 atom stereocenters. The monoisotopic (exact) mass is 376 g/mol. The first-order valence-electron chi connectivity index (χ1n) is 8.53. The van der Waals surface area contributed by atoms with Crippen molar-refractivity contribution in [2.45, 2.75) is 44.4 Å². The van der Waals surface area contributed by atoms with Crippen LogP contribution in [0.25, 0.3) is 0 Å². The number of ether oxygens (including phenoxy) is 1. The molecule has 2 saturated heterocycles. The number of carbonyl (C=O) groups is 3. The van der Waals surface area contributed by atoms with Gasteiger partial charge in [0.15, 0.2) is 11.7 Å². The molecule has 0 bridgehead atoms. The number of nitrogens with zero attached hydrogens (tertiary/aromatic N) is 1. The van der Waals surface area contributed by atoms with Gasteiger partial charge in [0, 0.05) is 16.0 Å². The van der Waals surface area contributed by atoms with Gasteiger partial charge in [-0.05, 0) is 37.4 Å². The molecule has 6 nitrogen and oxygen atoms in total. The SMILES string of the molecule is CSc1ccc(NC(=O)C2C(=O)N3[C@@H](C(C)(C)C)OC[C@]3(C)C2=O)cc1. The van der Waals surface area contributed by atoms with E-state index in [0.717, 1.165) is 4.90 Å². The zero-order valence-corrected chi connectivity index (χ0v) is 16.5. The molecule has 1 unspecified atom stereocenters. The van der Waals surface area contributed by atoms with E-state index in [2.05, 4.69) is 5.32 Å². The lowest BCUT2D eigenvalue weighted by atomic mass is 9.91. The number of benzene rings is 1. The third-order valence-electron chi connectivity index (χ3n) is 4.93. The van der Waals surface area contributed by atoms with Crippen LogP contribution >= 0.6 is 11.8 Å². The number of thioether (sulfide) groups is 1. The smallest absolute Gasteiger partial charge is 0.245 e. The van der Waals surface area contributed by atoms with E-state index in [4.69, 9.17) is 4.74 Å². The van der Waals surface area contributed by atoms with Gasteiger partial charge in [0.1, 0.15) is 11.8 Å². The minimum Gasteiger partial charge on any atom is -0.355 e. The molecule has 0 aliphatic carbocycles. The number of hydrogen-bond acceptors (Lipinski definition) is 5. The van der Waals surface area contributed by atoms with Crippen LogP contribution in [0, 0.1) is 11.3 Å². The van der Waals surface area contributed by atoms with Gasteiger partial charge in [0.2, 0.25) is 11.8 Å². The average molecular weight is 376 g/mol. The standard InChI is InChI=1S/C19H24N2O4S/c1-18(2,3)17-21-16(24)13(14(22)19(21,4)10-25-17)15(23)20-11-6-8-12(26-5)9-7-11/h6-9,13,17H,10H2,1-5H3,(H,20,23)/t13?,17-,19-/m1/s1. The highest BCUT2D eigenvalue weighted by atomic mass is 32.2. The van der Waals surface area contributed by atoms with Gasteiger partial charge >= 0.3 is 0 Å². The van der Waals surface area contributed by atoms with Crippen LogP contribution in [-0.2, 0) is 19.1 Å². The van der Waals surface area contributed by atoms with Gasteiger partial charge in [-0.15, -0.1) is 11.8 Å². The van der Waals surface area contributed by atoms with Crippen molar-refractivity contribution in [3.63, 3.8) is 0 Å². The van der Waals surface area contributed by atoms with E-state index in [0.29, 0.717) is 5.69 Å². The van der Waals surface area contributed by atoms with Crippen LogP contribution in [0.5, 0.6) is 0 Å². The molecule has 0 aromatic heterocycles. The Hall–Kier alpha value is -1.86. The number of Topliss-reactive ketones (excluding diaryl/α,β-unsaturated/α-hetero) is 1. The molecule has 2 heterocycles. The third kappa shape index (κ3) is 2.93. The highest BCUT2D eigenvalue weighted by Gasteiger charge is 2.65. The van der Waals surface area contributed by atoms with Crippen molar-refractivity contribution >= 4 is 35.0 Å². The summed E-state index contributed by atoms with van der Waals surface area (Å²) in [5.74, 6) is -2.78. The second-order valence-corrected chi connectivity index (χ2v) is 8.91. The Balaban J connectivity index is 1.83. The Bertz CT molecular complexity index is 756. The number of carbonyl (C=O) groups excluding carboxylic acids is 3. The van der Waals surface area contributed by atoms with Crippen molar-refractivity contribution in [3.8, 4) is 0 Å². The van der Waals surface area contributed by atoms with Crippen LogP contribution in [0.15, 0.2) is 29.2 Å². The van der Waals surface area contributed by atoms with Crippen molar-refractivity contribution in [2.24, 2.45) is 11.3 Å². The van der Waals surface area contributed by atoms with Crippen LogP contribution < -0.4 is 5.32 Å². The molecule has 26 heavy (non-hydrogen) atoms. The predicted molar refractivity (Wildman–Crippen MR) is 99.8 cm³/mol. The summed E-state index contributed by atoms with van der Waals surface area (Å²) >= 11 is 1.59. The molecular formula is C19H24N2O4S. The molecule has 2 amide bonds. The molecule has 1 aromatic rings. The molecule has 0 spiro atoms. The fourth-order valence-electron chi connectivity index (χ4n) is 3.51. The summed E-state index contributed by atoms with van der Waals surface area (Å²) in [4.78, 5) is 41.1. The van der Waals surface area contributed by atoms with Gasteiger partial charge in [-0.2, -0.15) is 0 Å². The predicted octanol–water partition coefficient (Wildman–Crippen LogP) is 2.54. The van der Waals surface area contributed by atoms with Crippen molar-refractivity contribution in [1.29, 1.82) is 0 Å². The first kappa shape index (κ1) is 18.9. The first-order valence-corrected chi connectivity index (χ1v) is 9.76. The topological polar surface area (TPSA) is 75.7 Å². The average Bonchev–Trinajstić information content (AvgIpc) is 3.02. The molecule has 1 aromatic carbocycles. The zero-order chi connectivity index (χ0) is 19.3. The summed E-state index contributed by atoms with van der Waals surface area (Å²) in [7, 11) is 0. The second kappa shape index (κ2) is 6.39. The van der Waals surface area contributed by atoms with Gasteiger partial charge in [0.25, 0.3) is 0 Å². The number of nitrogens with one attached hydrogen (secondary N) is 1. The van der Waals surface area contributed by atoms with Crippen LogP contribution in [0.1, 0.15) is 27.7 Å². The van der Waals surface area contributed by atoms with E-state index in [1.807, 2.05) is 39.2 Å². The number of anilines is 1. The summed E-state index contributed by atoms with van der Waals surface area (Å²) in [6.07, 6.45) is 1.44. The number of hydrogen-bond donors (Lipinski definition) is 1. The largest absolute Gasteiger partial charge is 0.355 e. The highest BCUT2D eigenvalue weighted by molar-refractivity contribution is 7.98. The maximum atomic E-state index is 13.0. The Labute approximate surface area is 157 Å². The maximum Gasteiger partial charge on any atom is 0.245 e. The molecule has 2 aliphatic rings. The van der Waals surface area contributed by atoms with Gasteiger partial charge in [-0.1, -0.05) is 20.8 Å². The number of rotatable bonds is 3. The first-order chi connectivity index (χ1) is 12.1. The Morgan fingerprint density at radius 2 is 1.88 bits per heavy atom. The maximum absolute atomic E-state index is 13.0. The van der Waals surface area contributed by atoms with E-state index in [-0.39, 0.29) is 12.0 Å². The van der Waals surface area contributed by atoms with Crippen LogP contribution in [0.2, 0.25) is 0 Å². The quantitative estimate of drug-likeness (QED) is 0.648. The molecular weight excluding hydrogens is 352 g/mol. The van der Waals surface area contributed by atoms with Gasteiger partial charge < -0.3 is 15.0 Å². The summed E-state index contributed by atoms with van der Waals surface area (Å²) in [6.45, 7) is 7.64. The minimum absolute atomic E-state index is 0.117. The summed E-state index contributed by atoms with van der Waals surface area (Å²) in [5, 5.41) is 2.70. The zero-order valence-electron chi connectivity index (χ0n) is 15.7. The van der Waals surface area contributed by atoms with Crippen LogP contribution in [-0.4, -0.2) is 47.1 Å². The lowest BCUT2D eigenvalue weighted by Crippen LogP contribution is -2.50. The second-order valence-electron chi connectivity index (χ2n) is 8.03. The van der Waals surface area contributed by atoms with E-state index in [1.165, 1.54) is 4.90 Å². The lowest BCUT2D eigenvalue weighted by molar-refractivity contribution is -0.146. The summed E-state index contributed by atoms with van der Waals surface area (Å²) in [5.41, 5.74) is -0.874. The molecule has 3 rings (SSSR count). The van der Waals surface area contributed by atoms with E-state index < -0.39 is 35.3 Å². The Morgan fingerprint density at radius 1 is 1.27 bits per heavy atom. The molecule has 2 fully saturated rings. The molecule has 140 valence electrons. The molecule has 0 radical (unpaired) electrons. The van der Waals surface area contributed by atoms with E-state index >= 15 is 0 Å². The van der Waals surface area contributed by atoms with Crippen molar-refractivity contribution < 1.29 is 19.1 Å². The Kier molecular flexibility index (Phi) is 4.65. The number of amides is 2. The van der Waals surface area contributed by atoms with Crippen molar-refractivity contribution in [3.05, 3.63) is 24.3 Å². The van der Waals surface area contributed by atoms with E-state index in [1.54, 1.807) is 30.8 Å². The van der Waals surface area contributed by atoms with Crippen molar-refractivity contribution in [1.82, 2.24) is 4.90 Å². The number of ketones is 1. The van der Waals surface area contributed by atoms with Crippen LogP contribution in [0.3, 0.4) is 0 Å². The van der Waals surface area contributed by atoms with Gasteiger partial charge in [-0.25, -0.2) is 0 Å². The summed E-state index contributed by atoms with van der Waals surface area (Å²) in [6, 6.07) is 7.28. The van der Waals surface area contributed by atoms with E-state index in [9.17, 15) is 14.4 Å². The fraction of sp³-hybridized carbons (Fsp3) is 0.526. The highest BCUT2D eigenvalue weighted by Crippen LogP contribution is 2.44. The van der Waals surface area contributed by atoms with Crippen LogP contribution in [0.4, 0.5) is 5.69 Å². The minimum atomic E-state index is -1.33.